The Bertz CT molecular complexity index is 578. The van der Waals surface area contributed by atoms with Crippen molar-refractivity contribution in [3.8, 4) is 0 Å². The fourth-order valence-electron chi connectivity index (χ4n) is 2.37. The van der Waals surface area contributed by atoms with Gasteiger partial charge in [0.15, 0.2) is 0 Å². The van der Waals surface area contributed by atoms with Crippen molar-refractivity contribution in [1.82, 2.24) is 5.32 Å². The zero-order chi connectivity index (χ0) is 17.6. The molecule has 5 nitrogen and oxygen atoms in total. The molecule has 0 unspecified atom stereocenters. The van der Waals surface area contributed by atoms with Gasteiger partial charge < -0.3 is 15.4 Å². The summed E-state index contributed by atoms with van der Waals surface area (Å²) in [5.74, 6) is 0.0641. The number of amides is 2. The Kier molecular flexibility index (Phi) is 6.69. The van der Waals surface area contributed by atoms with Crippen LogP contribution in [0.5, 0.6) is 0 Å². The largest absolute Gasteiger partial charge is 0.376 e. The Morgan fingerprint density at radius 2 is 2.04 bits per heavy atom. The molecule has 6 heteroatoms. The number of hydrogen-bond acceptors (Lipinski definition) is 4. The number of ether oxygens (including phenoxy) is 1. The number of para-hydroxylation sites is 1. The molecule has 1 saturated heterocycles. The SMILES string of the molecule is CC(C)(C)SCC(=O)Nc1ccccc1C(=O)NC[C@@H]1CCCO1. The average molecular weight is 350 g/mol. The van der Waals surface area contributed by atoms with E-state index in [9.17, 15) is 9.59 Å². The molecule has 2 N–H and O–H groups in total. The predicted molar refractivity (Wildman–Crippen MR) is 98.6 cm³/mol. The summed E-state index contributed by atoms with van der Waals surface area (Å²) in [5.41, 5.74) is 1.02. The first-order valence-corrected chi connectivity index (χ1v) is 9.26. The van der Waals surface area contributed by atoms with Crippen molar-refractivity contribution in [3.63, 3.8) is 0 Å². The van der Waals surface area contributed by atoms with Crippen LogP contribution in [0.2, 0.25) is 0 Å². The van der Waals surface area contributed by atoms with Crippen LogP contribution in [0.15, 0.2) is 24.3 Å². The number of nitrogens with one attached hydrogen (secondary N) is 2. The van der Waals surface area contributed by atoms with Gasteiger partial charge in [-0.3, -0.25) is 9.59 Å². The topological polar surface area (TPSA) is 67.4 Å². The van der Waals surface area contributed by atoms with E-state index >= 15 is 0 Å². The smallest absolute Gasteiger partial charge is 0.253 e. The van der Waals surface area contributed by atoms with Crippen LogP contribution >= 0.6 is 11.8 Å². The minimum absolute atomic E-state index is 0.0233. The molecule has 0 radical (unpaired) electrons. The van der Waals surface area contributed by atoms with Gasteiger partial charge in [0.25, 0.3) is 5.91 Å². The van der Waals surface area contributed by atoms with Gasteiger partial charge in [0.05, 0.1) is 23.1 Å². The van der Waals surface area contributed by atoms with E-state index in [0.29, 0.717) is 23.5 Å². The van der Waals surface area contributed by atoms with Crippen molar-refractivity contribution < 1.29 is 14.3 Å². The number of anilines is 1. The van der Waals surface area contributed by atoms with Gasteiger partial charge in [0, 0.05) is 17.9 Å². The van der Waals surface area contributed by atoms with Crippen LogP contribution in [0.1, 0.15) is 44.0 Å². The van der Waals surface area contributed by atoms with Crippen molar-refractivity contribution in [1.29, 1.82) is 0 Å². The molecule has 1 aliphatic heterocycles. The minimum atomic E-state index is -0.190. The van der Waals surface area contributed by atoms with Crippen molar-refractivity contribution in [3.05, 3.63) is 29.8 Å². The Labute approximate surface area is 147 Å². The molecular formula is C18H26N2O3S. The van der Waals surface area contributed by atoms with Crippen LogP contribution in [0.25, 0.3) is 0 Å². The normalized spacial score (nSPS) is 17.5. The second-order valence-corrected chi connectivity index (χ2v) is 8.64. The predicted octanol–water partition coefficient (Wildman–Crippen LogP) is 3.07. The number of carbonyl (C=O) groups is 2. The lowest BCUT2D eigenvalue weighted by Gasteiger charge is -2.17. The summed E-state index contributed by atoms with van der Waals surface area (Å²) in [6, 6.07) is 7.07. The minimum Gasteiger partial charge on any atom is -0.376 e. The van der Waals surface area contributed by atoms with E-state index < -0.39 is 0 Å². The monoisotopic (exact) mass is 350 g/mol. The first-order chi connectivity index (χ1) is 11.3. The fraction of sp³-hybridized carbons (Fsp3) is 0.556. The maximum atomic E-state index is 12.4. The van der Waals surface area contributed by atoms with Gasteiger partial charge in [-0.1, -0.05) is 32.9 Å². The number of benzene rings is 1. The molecule has 1 aliphatic rings. The Hall–Kier alpha value is -1.53. The van der Waals surface area contributed by atoms with Crippen LogP contribution in [0.3, 0.4) is 0 Å². The molecular weight excluding hydrogens is 324 g/mol. The maximum absolute atomic E-state index is 12.4. The van der Waals surface area contributed by atoms with Gasteiger partial charge >= 0.3 is 0 Å². The molecule has 0 aliphatic carbocycles. The van der Waals surface area contributed by atoms with Gasteiger partial charge in [-0.15, -0.1) is 11.8 Å². The molecule has 1 aromatic carbocycles. The summed E-state index contributed by atoms with van der Waals surface area (Å²) in [6.45, 7) is 7.46. The highest BCUT2D eigenvalue weighted by molar-refractivity contribution is 8.01. The molecule has 2 rings (SSSR count). The van der Waals surface area contributed by atoms with Crippen LogP contribution in [0.4, 0.5) is 5.69 Å². The molecule has 0 bridgehead atoms. The fourth-order valence-corrected chi connectivity index (χ4v) is 3.00. The van der Waals surface area contributed by atoms with Gasteiger partial charge in [0.2, 0.25) is 5.91 Å². The molecule has 1 heterocycles. The summed E-state index contributed by atoms with van der Waals surface area (Å²) in [7, 11) is 0. The molecule has 0 aromatic heterocycles. The van der Waals surface area contributed by atoms with Crippen molar-refractivity contribution in [2.75, 3.05) is 24.2 Å². The van der Waals surface area contributed by atoms with E-state index in [0.717, 1.165) is 19.4 Å². The molecule has 1 fully saturated rings. The summed E-state index contributed by atoms with van der Waals surface area (Å²) in [5, 5.41) is 5.73. The summed E-state index contributed by atoms with van der Waals surface area (Å²) >= 11 is 1.57. The first kappa shape index (κ1) is 18.8. The van der Waals surface area contributed by atoms with Gasteiger partial charge in [0.1, 0.15) is 0 Å². The van der Waals surface area contributed by atoms with Crippen molar-refractivity contribution in [2.24, 2.45) is 0 Å². The highest BCUT2D eigenvalue weighted by Crippen LogP contribution is 2.23. The molecule has 1 aromatic rings. The Morgan fingerprint density at radius 3 is 2.71 bits per heavy atom. The number of rotatable bonds is 6. The third kappa shape index (κ3) is 6.17. The zero-order valence-electron chi connectivity index (χ0n) is 14.6. The lowest BCUT2D eigenvalue weighted by Crippen LogP contribution is -2.32. The maximum Gasteiger partial charge on any atom is 0.253 e. The van der Waals surface area contributed by atoms with E-state index in [1.807, 2.05) is 6.07 Å². The molecule has 0 saturated carbocycles. The van der Waals surface area contributed by atoms with Crippen LogP contribution in [0, 0.1) is 0 Å². The molecule has 24 heavy (non-hydrogen) atoms. The van der Waals surface area contributed by atoms with Gasteiger partial charge in [-0.05, 0) is 25.0 Å². The molecule has 1 atom stereocenters. The number of hydrogen-bond donors (Lipinski definition) is 2. The lowest BCUT2D eigenvalue weighted by molar-refractivity contribution is -0.113. The third-order valence-corrected chi connectivity index (χ3v) is 4.87. The van der Waals surface area contributed by atoms with E-state index in [1.54, 1.807) is 30.0 Å². The highest BCUT2D eigenvalue weighted by Gasteiger charge is 2.19. The van der Waals surface area contributed by atoms with Gasteiger partial charge in [-0.2, -0.15) is 0 Å². The van der Waals surface area contributed by atoms with Crippen molar-refractivity contribution in [2.45, 2.75) is 44.5 Å². The number of carbonyl (C=O) groups excluding carboxylic acids is 2. The van der Waals surface area contributed by atoms with E-state index in [1.165, 1.54) is 0 Å². The second kappa shape index (κ2) is 8.53. The van der Waals surface area contributed by atoms with E-state index in [-0.39, 0.29) is 22.7 Å². The quantitative estimate of drug-likeness (QED) is 0.827. The first-order valence-electron chi connectivity index (χ1n) is 8.28. The molecule has 0 spiro atoms. The second-order valence-electron chi connectivity index (χ2n) is 6.84. The molecule has 2 amide bonds. The van der Waals surface area contributed by atoms with E-state index in [4.69, 9.17) is 4.74 Å². The summed E-state index contributed by atoms with van der Waals surface area (Å²) in [4.78, 5) is 24.5. The van der Waals surface area contributed by atoms with Crippen LogP contribution in [-0.2, 0) is 9.53 Å². The summed E-state index contributed by atoms with van der Waals surface area (Å²) < 4.78 is 5.53. The molecule has 132 valence electrons. The average Bonchev–Trinajstić information content (AvgIpc) is 3.04. The van der Waals surface area contributed by atoms with E-state index in [2.05, 4.69) is 31.4 Å². The lowest BCUT2D eigenvalue weighted by atomic mass is 10.1. The van der Waals surface area contributed by atoms with Gasteiger partial charge in [-0.25, -0.2) is 0 Å². The highest BCUT2D eigenvalue weighted by atomic mass is 32.2. The Balaban J connectivity index is 1.93. The summed E-state index contributed by atoms with van der Waals surface area (Å²) in [6.07, 6.45) is 2.11. The third-order valence-electron chi connectivity index (χ3n) is 3.60. The Morgan fingerprint density at radius 1 is 1.29 bits per heavy atom. The van der Waals surface area contributed by atoms with Crippen molar-refractivity contribution >= 4 is 29.3 Å². The number of thioether (sulfide) groups is 1. The van der Waals surface area contributed by atoms with Crippen LogP contribution < -0.4 is 10.6 Å². The van der Waals surface area contributed by atoms with Crippen LogP contribution in [-0.4, -0.2) is 41.6 Å². The zero-order valence-corrected chi connectivity index (χ0v) is 15.4. The standard InChI is InChI=1S/C18H26N2O3S/c1-18(2,3)24-12-16(21)20-15-9-5-4-8-14(15)17(22)19-11-13-7-6-10-23-13/h4-5,8-9,13H,6-7,10-12H2,1-3H3,(H,19,22)(H,20,21)/t13-/m0/s1.